The molecule has 0 radical (unpaired) electrons. The zero-order chi connectivity index (χ0) is 21.5. The number of halogens is 1. The third-order valence-electron chi connectivity index (χ3n) is 4.25. The van der Waals surface area contributed by atoms with Crippen molar-refractivity contribution < 1.29 is 14.0 Å². The third kappa shape index (κ3) is 5.73. The van der Waals surface area contributed by atoms with Gasteiger partial charge >= 0.3 is 0 Å². The zero-order valence-electron chi connectivity index (χ0n) is 16.6. The van der Waals surface area contributed by atoms with E-state index in [4.69, 9.17) is 4.42 Å². The third-order valence-corrected chi connectivity index (χ3v) is 5.71. The van der Waals surface area contributed by atoms with Crippen LogP contribution in [0.2, 0.25) is 0 Å². The van der Waals surface area contributed by atoms with Crippen molar-refractivity contribution in [3.63, 3.8) is 0 Å². The lowest BCUT2D eigenvalue weighted by Gasteiger charge is -2.09. The van der Waals surface area contributed by atoms with Crippen LogP contribution in [0.5, 0.6) is 0 Å². The lowest BCUT2D eigenvalue weighted by molar-refractivity contribution is -0.119. The fraction of sp³-hybridized carbons (Fsp3) is 0.300. The van der Waals surface area contributed by atoms with Gasteiger partial charge in [-0.25, -0.2) is 0 Å². The van der Waals surface area contributed by atoms with Crippen LogP contribution < -0.4 is 10.6 Å². The van der Waals surface area contributed by atoms with Crippen LogP contribution in [0.3, 0.4) is 0 Å². The maximum absolute atomic E-state index is 12.1. The summed E-state index contributed by atoms with van der Waals surface area (Å²) in [5, 5.41) is 14.6. The van der Waals surface area contributed by atoms with E-state index in [0.29, 0.717) is 23.3 Å². The van der Waals surface area contributed by atoms with Crippen LogP contribution in [0.4, 0.5) is 5.69 Å². The van der Waals surface area contributed by atoms with Gasteiger partial charge < -0.3 is 15.1 Å². The van der Waals surface area contributed by atoms with Gasteiger partial charge in [-0.3, -0.25) is 14.2 Å². The number of aromatic nitrogens is 3. The van der Waals surface area contributed by atoms with Crippen LogP contribution in [0.1, 0.15) is 18.9 Å². The number of thioether (sulfide) groups is 1. The van der Waals surface area contributed by atoms with Crippen LogP contribution in [0.15, 0.2) is 50.6 Å². The maximum Gasteiger partial charge on any atom is 0.230 e. The standard InChI is InChI=1S/C20H22BrN5O3S/c1-3-26-19(16-5-4-10-29-16)24-25-20(26)30-12-18(28)22-9-8-17(27)23-15-11-14(21)7-6-13(15)2/h4-7,10-11H,3,8-9,12H2,1-2H3,(H,22,28)(H,23,27). The summed E-state index contributed by atoms with van der Waals surface area (Å²) < 4.78 is 8.17. The number of furan rings is 1. The molecule has 2 amide bonds. The van der Waals surface area contributed by atoms with Crippen molar-refractivity contribution in [2.45, 2.75) is 32.0 Å². The van der Waals surface area contributed by atoms with E-state index in [9.17, 15) is 9.59 Å². The Balaban J connectivity index is 1.44. The van der Waals surface area contributed by atoms with E-state index in [-0.39, 0.29) is 30.5 Å². The van der Waals surface area contributed by atoms with E-state index in [2.05, 4.69) is 36.8 Å². The second-order valence-electron chi connectivity index (χ2n) is 6.42. The van der Waals surface area contributed by atoms with Crippen molar-refractivity contribution in [2.75, 3.05) is 17.6 Å². The summed E-state index contributed by atoms with van der Waals surface area (Å²) >= 11 is 4.68. The molecule has 2 heterocycles. The molecule has 0 atom stereocenters. The normalized spacial score (nSPS) is 10.8. The van der Waals surface area contributed by atoms with E-state index >= 15 is 0 Å². The molecule has 0 unspecified atom stereocenters. The van der Waals surface area contributed by atoms with Gasteiger partial charge in [0.2, 0.25) is 11.8 Å². The lowest BCUT2D eigenvalue weighted by atomic mass is 10.2. The van der Waals surface area contributed by atoms with Crippen molar-refractivity contribution in [1.29, 1.82) is 0 Å². The molecule has 8 nitrogen and oxygen atoms in total. The first kappa shape index (κ1) is 22.1. The van der Waals surface area contributed by atoms with Crippen LogP contribution in [0.25, 0.3) is 11.6 Å². The van der Waals surface area contributed by atoms with Gasteiger partial charge in [0.15, 0.2) is 16.7 Å². The van der Waals surface area contributed by atoms with E-state index in [0.717, 1.165) is 15.7 Å². The molecule has 0 bridgehead atoms. The van der Waals surface area contributed by atoms with E-state index in [1.165, 1.54) is 11.8 Å². The second-order valence-corrected chi connectivity index (χ2v) is 8.28. The van der Waals surface area contributed by atoms with Crippen LogP contribution in [-0.2, 0) is 16.1 Å². The number of carbonyl (C=O) groups is 2. The van der Waals surface area contributed by atoms with Gasteiger partial charge in [0.1, 0.15) is 0 Å². The average Bonchev–Trinajstić information content (AvgIpc) is 3.38. The summed E-state index contributed by atoms with van der Waals surface area (Å²) in [7, 11) is 0. The quantitative estimate of drug-likeness (QED) is 0.440. The summed E-state index contributed by atoms with van der Waals surface area (Å²) in [5.41, 5.74) is 1.73. The minimum atomic E-state index is -0.170. The summed E-state index contributed by atoms with van der Waals surface area (Å²) in [6, 6.07) is 9.30. The topological polar surface area (TPSA) is 102 Å². The number of hydrogen-bond acceptors (Lipinski definition) is 6. The summed E-state index contributed by atoms with van der Waals surface area (Å²) in [4.78, 5) is 24.3. The molecule has 0 aliphatic rings. The van der Waals surface area contributed by atoms with Gasteiger partial charge in [0.05, 0.1) is 12.0 Å². The minimum absolute atomic E-state index is 0.155. The van der Waals surface area contributed by atoms with Crippen molar-refractivity contribution in [1.82, 2.24) is 20.1 Å². The average molecular weight is 492 g/mol. The van der Waals surface area contributed by atoms with Gasteiger partial charge in [-0.15, -0.1) is 10.2 Å². The molecule has 1 aromatic carbocycles. The number of anilines is 1. The predicted molar refractivity (Wildman–Crippen MR) is 119 cm³/mol. The number of amides is 2. The Hall–Kier alpha value is -2.59. The highest BCUT2D eigenvalue weighted by atomic mass is 79.9. The van der Waals surface area contributed by atoms with E-state index in [1.54, 1.807) is 12.3 Å². The summed E-state index contributed by atoms with van der Waals surface area (Å²) in [5.74, 6) is 1.12. The molecule has 10 heteroatoms. The SMILES string of the molecule is CCn1c(SCC(=O)NCCC(=O)Nc2cc(Br)ccc2C)nnc1-c1ccco1. The van der Waals surface area contributed by atoms with Gasteiger partial charge in [0, 0.05) is 29.7 Å². The highest BCUT2D eigenvalue weighted by Crippen LogP contribution is 2.24. The summed E-state index contributed by atoms with van der Waals surface area (Å²) in [6.45, 7) is 4.82. The van der Waals surface area contributed by atoms with Gasteiger partial charge in [0.25, 0.3) is 0 Å². The molecule has 3 rings (SSSR count). The molecule has 2 N–H and O–H groups in total. The molecule has 158 valence electrons. The monoisotopic (exact) mass is 491 g/mol. The highest BCUT2D eigenvalue weighted by Gasteiger charge is 2.16. The molecule has 30 heavy (non-hydrogen) atoms. The number of carbonyl (C=O) groups excluding carboxylic acids is 2. The van der Waals surface area contributed by atoms with Crippen LogP contribution in [-0.4, -0.2) is 38.9 Å². The van der Waals surface area contributed by atoms with E-state index < -0.39 is 0 Å². The molecule has 0 aliphatic heterocycles. The van der Waals surface area contributed by atoms with Crippen molar-refractivity contribution in [2.24, 2.45) is 0 Å². The number of nitrogens with one attached hydrogen (secondary N) is 2. The lowest BCUT2D eigenvalue weighted by Crippen LogP contribution is -2.29. The number of benzene rings is 1. The van der Waals surface area contributed by atoms with Crippen LogP contribution in [0, 0.1) is 6.92 Å². The number of nitrogens with zero attached hydrogens (tertiary/aromatic N) is 3. The molecule has 0 fully saturated rings. The van der Waals surface area contributed by atoms with Gasteiger partial charge in [-0.05, 0) is 43.7 Å². The Morgan fingerprint density at radius 2 is 2.07 bits per heavy atom. The number of hydrogen-bond donors (Lipinski definition) is 2. The van der Waals surface area contributed by atoms with Gasteiger partial charge in [-0.1, -0.05) is 33.8 Å². The molecular formula is C20H22BrN5O3S. The molecule has 0 spiro atoms. The Kier molecular flexibility index (Phi) is 7.69. The largest absolute Gasteiger partial charge is 0.461 e. The maximum atomic E-state index is 12.1. The molecule has 0 saturated heterocycles. The Labute approximate surface area is 186 Å². The Morgan fingerprint density at radius 1 is 1.23 bits per heavy atom. The molecule has 3 aromatic rings. The first-order chi connectivity index (χ1) is 14.5. The minimum Gasteiger partial charge on any atom is -0.461 e. The molecule has 0 aliphatic carbocycles. The fourth-order valence-electron chi connectivity index (χ4n) is 2.71. The van der Waals surface area contributed by atoms with Crippen molar-refractivity contribution >= 4 is 45.2 Å². The fourth-order valence-corrected chi connectivity index (χ4v) is 3.90. The van der Waals surface area contributed by atoms with Crippen molar-refractivity contribution in [3.8, 4) is 11.6 Å². The molecule has 2 aromatic heterocycles. The molecular weight excluding hydrogens is 470 g/mol. The van der Waals surface area contributed by atoms with Crippen molar-refractivity contribution in [3.05, 3.63) is 46.6 Å². The van der Waals surface area contributed by atoms with Crippen LogP contribution >= 0.6 is 27.7 Å². The predicted octanol–water partition coefficient (Wildman–Crippen LogP) is 3.87. The highest BCUT2D eigenvalue weighted by molar-refractivity contribution is 9.10. The zero-order valence-corrected chi connectivity index (χ0v) is 19.0. The molecule has 0 saturated carbocycles. The first-order valence-electron chi connectivity index (χ1n) is 9.40. The second kappa shape index (κ2) is 10.4. The number of rotatable bonds is 9. The summed E-state index contributed by atoms with van der Waals surface area (Å²) in [6.07, 6.45) is 1.77. The first-order valence-corrected chi connectivity index (χ1v) is 11.2. The van der Waals surface area contributed by atoms with E-state index in [1.807, 2.05) is 42.7 Å². The Morgan fingerprint density at radius 3 is 2.80 bits per heavy atom. The number of aryl methyl sites for hydroxylation is 1. The Bertz CT molecular complexity index is 1020. The smallest absolute Gasteiger partial charge is 0.230 e. The van der Waals surface area contributed by atoms with Gasteiger partial charge in [-0.2, -0.15) is 0 Å².